The summed E-state index contributed by atoms with van der Waals surface area (Å²) in [5.41, 5.74) is 1.80. The molecule has 16 nitrogen and oxygen atoms in total. The van der Waals surface area contributed by atoms with E-state index in [9.17, 15) is 24.3 Å². The van der Waals surface area contributed by atoms with Crippen molar-refractivity contribution < 1.29 is 52.4 Å². The van der Waals surface area contributed by atoms with E-state index in [2.05, 4.69) is 10.3 Å². The zero-order valence-corrected chi connectivity index (χ0v) is 36.9. The lowest BCUT2D eigenvalue weighted by atomic mass is 9.73. The molecule has 3 aliphatic heterocycles. The first-order valence-corrected chi connectivity index (χ1v) is 21.0. The molecule has 0 bridgehead atoms. The number of nitrogens with zero attached hydrogens (tertiary/aromatic N) is 5. The van der Waals surface area contributed by atoms with Crippen molar-refractivity contribution in [3.05, 3.63) is 30.5 Å². The lowest BCUT2D eigenvalue weighted by Crippen LogP contribution is -2.61. The summed E-state index contributed by atoms with van der Waals surface area (Å²) < 4.78 is 49.2. The molecule has 4 heterocycles. The molecule has 0 aliphatic carbocycles. The number of unbranched alkanes of at least 4 members (excludes halogenated alkanes) is 1. The average molecular weight is 845 g/mol. The molecular formula is C43H65FN6O10. The Balaban J connectivity index is 1.45. The van der Waals surface area contributed by atoms with Gasteiger partial charge in [-0.1, -0.05) is 45.0 Å². The fraction of sp³-hybridized carbons (Fsp3) is 0.721. The van der Waals surface area contributed by atoms with Gasteiger partial charge in [-0.25, -0.2) is 14.0 Å². The van der Waals surface area contributed by atoms with Gasteiger partial charge in [0.15, 0.2) is 17.7 Å². The van der Waals surface area contributed by atoms with E-state index in [1.807, 2.05) is 50.3 Å². The Morgan fingerprint density at radius 1 is 1.05 bits per heavy atom. The lowest BCUT2D eigenvalue weighted by molar-refractivity contribution is -0.295. The van der Waals surface area contributed by atoms with Gasteiger partial charge in [0.1, 0.15) is 23.7 Å². The predicted molar refractivity (Wildman–Crippen MR) is 219 cm³/mol. The Bertz CT molecular complexity index is 1860. The third-order valence-corrected chi connectivity index (χ3v) is 12.9. The van der Waals surface area contributed by atoms with Gasteiger partial charge in [-0.2, -0.15) is 0 Å². The number of hydrogen-bond donors (Lipinski definition) is 2. The molecular weight excluding hydrogens is 780 g/mol. The second-order valence-electron chi connectivity index (χ2n) is 17.8. The standard InChI is InChI=1S/C43H65FN6O10/c1-12-32-43(8)35(50(40(55)60-43)19-14-13-18-49-23-30(46-47-49)28-16-15-17-29(45)21-28)26(4)33(51)24(2)22-41(6,56-11)37(27(5)36(53)42(7,44)39(54)58-32)59-38-34(52)31(48(9)10)20-25(3)57-38/h15-17,21,23-27,31-32,34-35,37-38,52H,12-14,18-20,22,45H2,1-11H3/t24-,25-,26-,27+,31+,32+,34-,35-,37-,38+,41-,42-,43-/m1/s1. The van der Waals surface area contributed by atoms with E-state index in [1.54, 1.807) is 45.4 Å². The number of aromatic nitrogens is 3. The molecule has 1 amide bonds. The van der Waals surface area contributed by atoms with Gasteiger partial charge >= 0.3 is 12.1 Å². The van der Waals surface area contributed by atoms with Gasteiger partial charge in [-0.05, 0) is 86.0 Å². The van der Waals surface area contributed by atoms with Crippen molar-refractivity contribution in [1.29, 1.82) is 0 Å². The smallest absolute Gasteiger partial charge is 0.410 e. The number of ether oxygens (including phenoxy) is 5. The first kappa shape index (κ1) is 47.0. The number of aliphatic hydroxyl groups is 1. The van der Waals surface area contributed by atoms with Gasteiger partial charge in [-0.15, -0.1) is 5.10 Å². The average Bonchev–Trinajstić information content (AvgIpc) is 3.78. The first-order valence-electron chi connectivity index (χ1n) is 21.0. The summed E-state index contributed by atoms with van der Waals surface area (Å²) >= 11 is 0. The van der Waals surface area contributed by atoms with E-state index >= 15 is 4.39 Å². The number of carbonyl (C=O) groups excluding carboxylic acids is 4. The number of rotatable bonds is 11. The van der Waals surface area contributed by atoms with Crippen LogP contribution in [0.3, 0.4) is 0 Å². The first-order chi connectivity index (χ1) is 28.1. The number of aliphatic hydroxyl groups excluding tert-OH is 1. The number of cyclic esters (lactones) is 1. The number of likely N-dealkylation sites (N-methyl/N-ethyl adjacent to an activating group) is 1. The minimum absolute atomic E-state index is 0.0111. The van der Waals surface area contributed by atoms with Crippen LogP contribution in [0.5, 0.6) is 0 Å². The summed E-state index contributed by atoms with van der Waals surface area (Å²) in [4.78, 5) is 60.1. The molecule has 60 heavy (non-hydrogen) atoms. The molecule has 2 aromatic rings. The normalized spacial score (nSPS) is 37.1. The van der Waals surface area contributed by atoms with E-state index in [0.29, 0.717) is 37.2 Å². The van der Waals surface area contributed by atoms with Crippen molar-refractivity contribution in [3.63, 3.8) is 0 Å². The summed E-state index contributed by atoms with van der Waals surface area (Å²) in [6, 6.07) is 6.02. The van der Waals surface area contributed by atoms with Crippen molar-refractivity contribution >= 4 is 29.3 Å². The van der Waals surface area contributed by atoms with Crippen LogP contribution >= 0.6 is 0 Å². The highest BCUT2D eigenvalue weighted by molar-refractivity contribution is 6.08. The van der Waals surface area contributed by atoms with Crippen LogP contribution in [-0.2, 0) is 44.6 Å². The largest absolute Gasteiger partial charge is 0.455 e. The topological polar surface area (TPSA) is 198 Å². The monoisotopic (exact) mass is 844 g/mol. The van der Waals surface area contributed by atoms with Gasteiger partial charge < -0.3 is 44.3 Å². The van der Waals surface area contributed by atoms with Crippen LogP contribution in [0.4, 0.5) is 14.9 Å². The van der Waals surface area contributed by atoms with Gasteiger partial charge in [0.2, 0.25) is 0 Å². The number of Topliss-reactive ketones (excluding diaryl/α,β-unsaturated/α-hetero) is 2. The number of nitrogens with two attached hydrogens (primary N) is 1. The van der Waals surface area contributed by atoms with Crippen molar-refractivity contribution in [1.82, 2.24) is 24.8 Å². The lowest BCUT2D eigenvalue weighted by Gasteiger charge is -2.47. The van der Waals surface area contributed by atoms with Gasteiger partial charge in [0, 0.05) is 55.2 Å². The quantitative estimate of drug-likeness (QED) is 0.138. The van der Waals surface area contributed by atoms with Crippen LogP contribution in [0.15, 0.2) is 30.5 Å². The van der Waals surface area contributed by atoms with Crippen molar-refractivity contribution in [2.45, 2.75) is 154 Å². The Labute approximate surface area is 352 Å². The molecule has 0 spiro atoms. The van der Waals surface area contributed by atoms with Crippen molar-refractivity contribution in [2.75, 3.05) is 33.5 Å². The highest BCUT2D eigenvalue weighted by Gasteiger charge is 2.61. The van der Waals surface area contributed by atoms with Crippen molar-refractivity contribution in [2.24, 2.45) is 17.8 Å². The maximum absolute atomic E-state index is 16.9. The Morgan fingerprint density at radius 2 is 1.73 bits per heavy atom. The molecule has 0 radical (unpaired) electrons. The van der Waals surface area contributed by atoms with Gasteiger partial charge in [-0.3, -0.25) is 14.3 Å². The van der Waals surface area contributed by atoms with E-state index in [-0.39, 0.29) is 37.3 Å². The fourth-order valence-corrected chi connectivity index (χ4v) is 9.51. The van der Waals surface area contributed by atoms with Crippen LogP contribution < -0.4 is 5.73 Å². The van der Waals surface area contributed by atoms with Crippen LogP contribution in [-0.4, -0.2) is 141 Å². The minimum atomic E-state index is -3.19. The highest BCUT2D eigenvalue weighted by Crippen LogP contribution is 2.44. The van der Waals surface area contributed by atoms with E-state index in [1.165, 1.54) is 18.9 Å². The third kappa shape index (κ3) is 9.39. The van der Waals surface area contributed by atoms with Crippen LogP contribution in [0.1, 0.15) is 87.5 Å². The number of halogens is 1. The van der Waals surface area contributed by atoms with E-state index < -0.39 is 83.1 Å². The summed E-state index contributed by atoms with van der Waals surface area (Å²) in [5, 5.41) is 19.9. The molecule has 13 atom stereocenters. The second-order valence-corrected chi connectivity index (χ2v) is 17.8. The number of anilines is 1. The van der Waals surface area contributed by atoms with E-state index in [4.69, 9.17) is 29.4 Å². The molecule has 17 heteroatoms. The van der Waals surface area contributed by atoms with Crippen LogP contribution in [0.25, 0.3) is 11.3 Å². The zero-order chi connectivity index (χ0) is 44.5. The molecule has 5 rings (SSSR count). The summed E-state index contributed by atoms with van der Waals surface area (Å²) in [6.45, 7) is 13.1. The fourth-order valence-electron chi connectivity index (χ4n) is 9.51. The number of nitrogen functional groups attached to an aromatic ring is 1. The number of ketones is 2. The number of methoxy groups -OCH3 is 1. The number of fused-ring (bicyclic) bond motifs is 1. The molecule has 1 aromatic carbocycles. The van der Waals surface area contributed by atoms with Gasteiger partial charge in [0.05, 0.1) is 30.0 Å². The number of esters is 1. The van der Waals surface area contributed by atoms with Crippen LogP contribution in [0.2, 0.25) is 0 Å². The van der Waals surface area contributed by atoms with E-state index in [0.717, 1.165) is 12.5 Å². The molecule has 3 N–H and O–H groups in total. The van der Waals surface area contributed by atoms with Gasteiger partial charge in [0.25, 0.3) is 5.67 Å². The number of carbonyl (C=O) groups is 4. The number of amides is 1. The Kier molecular flexibility index (Phi) is 14.5. The molecule has 3 saturated heterocycles. The molecule has 334 valence electrons. The third-order valence-electron chi connectivity index (χ3n) is 12.9. The minimum Gasteiger partial charge on any atom is -0.455 e. The van der Waals surface area contributed by atoms with Crippen LogP contribution in [0, 0.1) is 17.8 Å². The zero-order valence-electron chi connectivity index (χ0n) is 36.9. The number of alkyl halides is 1. The second kappa shape index (κ2) is 18.5. The highest BCUT2D eigenvalue weighted by atomic mass is 19.1. The summed E-state index contributed by atoms with van der Waals surface area (Å²) in [7, 11) is 5.04. The maximum Gasteiger partial charge on any atom is 0.410 e. The molecule has 0 saturated carbocycles. The predicted octanol–water partition coefficient (Wildman–Crippen LogP) is 4.60. The van der Waals surface area contributed by atoms with Crippen molar-refractivity contribution in [3.8, 4) is 11.3 Å². The molecule has 3 fully saturated rings. The SMILES string of the molecule is CC[C@@H]1OC(=O)[C@](C)(F)C(=O)[C@H](C)[C@@H](O[C@@H]2O[C@H](C)C[C@H](N(C)C)[C@H]2O)[C@](C)(OC)C[C@@H](C)C(=O)[C@@H](C)[C@H]2N(CCCCn3cc(-c4cccc(N)c4)nn3)C(=O)O[C@]12C. The number of hydrogen-bond acceptors (Lipinski definition) is 14. The Morgan fingerprint density at radius 3 is 2.37 bits per heavy atom. The molecule has 3 aliphatic rings. The Hall–Kier alpha value is -4.03. The molecule has 0 unspecified atom stereocenters. The number of benzene rings is 1. The summed E-state index contributed by atoms with van der Waals surface area (Å²) in [6.07, 6.45) is -2.57. The number of aryl methyl sites for hydroxylation is 1. The maximum atomic E-state index is 16.9. The molecule has 1 aromatic heterocycles. The summed E-state index contributed by atoms with van der Waals surface area (Å²) in [5.74, 6) is -5.85.